The number of nitrogens with one attached hydrogen (secondary N) is 1. The van der Waals surface area contributed by atoms with Gasteiger partial charge in [-0.1, -0.05) is 6.92 Å². The number of cyclic esters (lactones) is 1. The molecule has 1 amide bonds. The highest BCUT2D eigenvalue weighted by Gasteiger charge is 2.23. The molecule has 1 aliphatic rings. The molecule has 1 unspecified atom stereocenters. The van der Waals surface area contributed by atoms with Crippen molar-refractivity contribution in [1.29, 1.82) is 0 Å². The summed E-state index contributed by atoms with van der Waals surface area (Å²) in [6.07, 6.45) is 0.403. The molecule has 0 aliphatic carbocycles. The van der Waals surface area contributed by atoms with Crippen molar-refractivity contribution in [3.05, 3.63) is 0 Å². The van der Waals surface area contributed by atoms with Gasteiger partial charge in [0, 0.05) is 6.42 Å². The highest BCUT2D eigenvalue weighted by atomic mass is 16.6. The first-order valence-corrected chi connectivity index (χ1v) is 4.32. The number of rotatable bonds is 4. The van der Waals surface area contributed by atoms with Crippen molar-refractivity contribution in [2.75, 3.05) is 13.2 Å². The zero-order valence-electron chi connectivity index (χ0n) is 7.54. The van der Waals surface area contributed by atoms with E-state index < -0.39 is 6.09 Å². The minimum atomic E-state index is -0.448. The first kappa shape index (κ1) is 9.83. The largest absolute Gasteiger partial charge is 0.462 e. The predicted octanol–water partition coefficient (Wildman–Crippen LogP) is 0.438. The number of alkyl carbamates (subject to hydrolysis) is 1. The van der Waals surface area contributed by atoms with Crippen LogP contribution in [0.3, 0.4) is 0 Å². The van der Waals surface area contributed by atoms with Gasteiger partial charge in [-0.3, -0.25) is 4.79 Å². The predicted molar refractivity (Wildman–Crippen MR) is 44.1 cm³/mol. The fraction of sp³-hybridized carbons (Fsp3) is 0.750. The molecule has 0 aromatic carbocycles. The molecule has 0 bridgehead atoms. The molecule has 1 rings (SSSR count). The minimum Gasteiger partial charge on any atom is -0.462 e. The molecule has 1 saturated heterocycles. The van der Waals surface area contributed by atoms with E-state index in [1.807, 2.05) is 6.92 Å². The number of ether oxygens (including phenoxy) is 2. The number of esters is 1. The van der Waals surface area contributed by atoms with Gasteiger partial charge in [0.2, 0.25) is 0 Å². The lowest BCUT2D eigenvalue weighted by Gasteiger charge is -2.07. The Morgan fingerprint density at radius 2 is 2.54 bits per heavy atom. The second kappa shape index (κ2) is 4.69. The molecule has 1 N–H and O–H groups in total. The van der Waals surface area contributed by atoms with Gasteiger partial charge in [-0.2, -0.15) is 0 Å². The number of amides is 1. The molecule has 0 spiro atoms. The van der Waals surface area contributed by atoms with Gasteiger partial charge in [0.15, 0.2) is 6.10 Å². The Kier molecular flexibility index (Phi) is 3.54. The van der Waals surface area contributed by atoms with Gasteiger partial charge < -0.3 is 14.8 Å². The van der Waals surface area contributed by atoms with Gasteiger partial charge in [-0.15, -0.1) is 0 Å². The maximum absolute atomic E-state index is 10.9. The topological polar surface area (TPSA) is 64.6 Å². The molecule has 0 radical (unpaired) electrons. The third-order valence-corrected chi connectivity index (χ3v) is 1.63. The highest BCUT2D eigenvalue weighted by molar-refractivity contribution is 5.70. The molecule has 0 saturated carbocycles. The molecular formula is C8H13NO4. The zero-order chi connectivity index (χ0) is 9.68. The molecule has 0 aromatic rings. The fourth-order valence-corrected chi connectivity index (χ4v) is 0.987. The van der Waals surface area contributed by atoms with Gasteiger partial charge in [-0.05, 0) is 6.42 Å². The first-order chi connectivity index (χ1) is 6.22. The van der Waals surface area contributed by atoms with Crippen LogP contribution in [0.2, 0.25) is 0 Å². The number of hydrogen-bond acceptors (Lipinski definition) is 4. The second-order valence-electron chi connectivity index (χ2n) is 2.84. The summed E-state index contributed by atoms with van der Waals surface area (Å²) >= 11 is 0. The van der Waals surface area contributed by atoms with E-state index in [0.29, 0.717) is 13.0 Å². The number of hydrogen-bond donors (Lipinski definition) is 1. The summed E-state index contributed by atoms with van der Waals surface area (Å²) in [6, 6.07) is 0. The molecule has 13 heavy (non-hydrogen) atoms. The summed E-state index contributed by atoms with van der Waals surface area (Å²) in [4.78, 5) is 21.4. The van der Waals surface area contributed by atoms with Gasteiger partial charge in [0.1, 0.15) is 6.61 Å². The standard InChI is InChI=1S/C8H13NO4/c1-2-3-7(10)12-5-6-4-9-8(11)13-6/h6H,2-5H2,1H3,(H,9,11). The molecule has 1 aliphatic heterocycles. The smallest absolute Gasteiger partial charge is 0.407 e. The minimum absolute atomic E-state index is 0.150. The van der Waals surface area contributed by atoms with Gasteiger partial charge >= 0.3 is 12.1 Å². The molecule has 1 fully saturated rings. The Balaban J connectivity index is 2.12. The quantitative estimate of drug-likeness (QED) is 0.648. The molecule has 74 valence electrons. The van der Waals surface area contributed by atoms with Crippen molar-refractivity contribution >= 4 is 12.1 Å². The molecule has 1 heterocycles. The van der Waals surface area contributed by atoms with Crippen molar-refractivity contribution in [3.8, 4) is 0 Å². The van der Waals surface area contributed by atoms with Crippen LogP contribution in [-0.2, 0) is 14.3 Å². The van der Waals surface area contributed by atoms with E-state index in [9.17, 15) is 9.59 Å². The van der Waals surface area contributed by atoms with Gasteiger partial charge in [0.05, 0.1) is 6.54 Å². The van der Waals surface area contributed by atoms with Crippen molar-refractivity contribution < 1.29 is 19.1 Å². The van der Waals surface area contributed by atoms with Crippen LogP contribution in [0.15, 0.2) is 0 Å². The van der Waals surface area contributed by atoms with Crippen LogP contribution in [0.4, 0.5) is 4.79 Å². The average molecular weight is 187 g/mol. The van der Waals surface area contributed by atoms with E-state index in [4.69, 9.17) is 9.47 Å². The van der Waals surface area contributed by atoms with Crippen LogP contribution in [-0.4, -0.2) is 31.3 Å². The normalized spacial score (nSPS) is 20.7. The second-order valence-corrected chi connectivity index (χ2v) is 2.84. The van der Waals surface area contributed by atoms with Crippen molar-refractivity contribution in [1.82, 2.24) is 5.32 Å². The Morgan fingerprint density at radius 3 is 3.08 bits per heavy atom. The Labute approximate surface area is 76.4 Å². The maximum Gasteiger partial charge on any atom is 0.407 e. The molecule has 1 atom stereocenters. The summed E-state index contributed by atoms with van der Waals surface area (Å²) < 4.78 is 9.62. The molecule has 5 nitrogen and oxygen atoms in total. The Morgan fingerprint density at radius 1 is 1.77 bits per heavy atom. The van der Waals surface area contributed by atoms with Crippen LogP contribution >= 0.6 is 0 Å². The molecular weight excluding hydrogens is 174 g/mol. The van der Waals surface area contributed by atoms with E-state index in [1.165, 1.54) is 0 Å². The van der Waals surface area contributed by atoms with Gasteiger partial charge in [-0.25, -0.2) is 4.79 Å². The Hall–Kier alpha value is -1.26. The number of carbonyl (C=O) groups is 2. The summed E-state index contributed by atoms with van der Waals surface area (Å²) in [7, 11) is 0. The van der Waals surface area contributed by atoms with Crippen LogP contribution < -0.4 is 5.32 Å². The van der Waals surface area contributed by atoms with Gasteiger partial charge in [0.25, 0.3) is 0 Å². The third-order valence-electron chi connectivity index (χ3n) is 1.63. The fourth-order valence-electron chi connectivity index (χ4n) is 0.987. The average Bonchev–Trinajstić information content (AvgIpc) is 2.49. The zero-order valence-corrected chi connectivity index (χ0v) is 7.54. The van der Waals surface area contributed by atoms with E-state index in [2.05, 4.69) is 5.32 Å². The van der Waals surface area contributed by atoms with E-state index in [1.54, 1.807) is 0 Å². The van der Waals surface area contributed by atoms with Crippen LogP contribution in [0, 0.1) is 0 Å². The van der Waals surface area contributed by atoms with Crippen LogP contribution in [0.5, 0.6) is 0 Å². The van der Waals surface area contributed by atoms with Crippen molar-refractivity contribution in [3.63, 3.8) is 0 Å². The lowest BCUT2D eigenvalue weighted by molar-refractivity contribution is -0.146. The van der Waals surface area contributed by atoms with E-state index in [0.717, 1.165) is 6.42 Å². The summed E-state index contributed by atoms with van der Waals surface area (Å²) in [5, 5.41) is 2.47. The monoisotopic (exact) mass is 187 g/mol. The number of carbonyl (C=O) groups excluding carboxylic acids is 2. The SMILES string of the molecule is CCCC(=O)OCC1CNC(=O)O1. The third kappa shape index (κ3) is 3.31. The van der Waals surface area contributed by atoms with Crippen molar-refractivity contribution in [2.24, 2.45) is 0 Å². The Bertz CT molecular complexity index is 204. The van der Waals surface area contributed by atoms with E-state index >= 15 is 0 Å². The van der Waals surface area contributed by atoms with Crippen molar-refractivity contribution in [2.45, 2.75) is 25.9 Å². The van der Waals surface area contributed by atoms with E-state index in [-0.39, 0.29) is 18.7 Å². The summed E-state index contributed by atoms with van der Waals surface area (Å²) in [5.74, 6) is -0.245. The maximum atomic E-state index is 10.9. The molecule has 5 heteroatoms. The summed E-state index contributed by atoms with van der Waals surface area (Å²) in [5.41, 5.74) is 0. The van der Waals surface area contributed by atoms with Crippen LogP contribution in [0.25, 0.3) is 0 Å². The van der Waals surface area contributed by atoms with Crippen LogP contribution in [0.1, 0.15) is 19.8 Å². The molecule has 0 aromatic heterocycles. The summed E-state index contributed by atoms with van der Waals surface area (Å²) in [6.45, 7) is 2.47. The lowest BCUT2D eigenvalue weighted by atomic mass is 10.3. The first-order valence-electron chi connectivity index (χ1n) is 4.32. The lowest BCUT2D eigenvalue weighted by Crippen LogP contribution is -2.22. The highest BCUT2D eigenvalue weighted by Crippen LogP contribution is 2.01.